The monoisotopic (exact) mass is 254 g/mol. The number of rotatable bonds is 6. The Morgan fingerprint density at radius 3 is 2.22 bits per heavy atom. The summed E-state index contributed by atoms with van der Waals surface area (Å²) in [4.78, 5) is 0. The molecule has 3 N–H and O–H groups in total. The molecule has 1 aromatic carbocycles. The molecule has 0 aliphatic carbocycles. The summed E-state index contributed by atoms with van der Waals surface area (Å²) in [6.07, 6.45) is -0.466. The summed E-state index contributed by atoms with van der Waals surface area (Å²) in [6.45, 7) is 7.29. The van der Waals surface area contributed by atoms with Crippen molar-refractivity contribution in [3.8, 4) is 11.5 Å². The molecule has 0 aliphatic heterocycles. The quantitative estimate of drug-likeness (QED) is 0.789. The van der Waals surface area contributed by atoms with Crippen LogP contribution in [0.5, 0.6) is 11.5 Å². The molecule has 18 heavy (non-hydrogen) atoms. The number of quaternary nitrogens is 1. The molecule has 0 bridgehead atoms. The normalized spacial score (nSPS) is 13.2. The Kier molecular flexibility index (Phi) is 5.44. The van der Waals surface area contributed by atoms with E-state index in [1.54, 1.807) is 7.11 Å². The Labute approximate surface area is 109 Å². The van der Waals surface area contributed by atoms with E-state index in [1.807, 2.05) is 24.3 Å². The molecule has 102 valence electrons. The number of aliphatic hydroxyl groups is 1. The summed E-state index contributed by atoms with van der Waals surface area (Å²) in [5.41, 5.74) is 0.126. The van der Waals surface area contributed by atoms with Gasteiger partial charge in [0.2, 0.25) is 0 Å². The van der Waals surface area contributed by atoms with Crippen molar-refractivity contribution in [1.82, 2.24) is 0 Å². The van der Waals surface area contributed by atoms with Crippen molar-refractivity contribution >= 4 is 0 Å². The standard InChI is InChI=1S/C14H23NO3/c1-14(2,3)15-9-11(16)10-18-13-7-5-12(17-4)6-8-13/h5-8,11,15-16H,9-10H2,1-4H3/p+1. The number of hydrogen-bond donors (Lipinski definition) is 2. The minimum atomic E-state index is -0.466. The summed E-state index contributed by atoms with van der Waals surface area (Å²) in [5, 5.41) is 11.9. The Bertz CT molecular complexity index is 343. The van der Waals surface area contributed by atoms with Crippen LogP contribution in [0.1, 0.15) is 20.8 Å². The van der Waals surface area contributed by atoms with Crippen molar-refractivity contribution in [2.24, 2.45) is 0 Å². The van der Waals surface area contributed by atoms with E-state index < -0.39 is 6.10 Å². The fourth-order valence-electron chi connectivity index (χ4n) is 1.42. The first kappa shape index (κ1) is 14.8. The number of hydrogen-bond acceptors (Lipinski definition) is 3. The van der Waals surface area contributed by atoms with Crippen molar-refractivity contribution in [3.05, 3.63) is 24.3 Å². The molecule has 1 aromatic rings. The van der Waals surface area contributed by atoms with Gasteiger partial charge in [-0.3, -0.25) is 0 Å². The van der Waals surface area contributed by atoms with Gasteiger partial charge in [-0.15, -0.1) is 0 Å². The molecule has 0 aliphatic rings. The van der Waals surface area contributed by atoms with Crippen LogP contribution in [0.4, 0.5) is 0 Å². The number of ether oxygens (including phenoxy) is 2. The largest absolute Gasteiger partial charge is 0.497 e. The van der Waals surface area contributed by atoms with Gasteiger partial charge in [0.25, 0.3) is 0 Å². The highest BCUT2D eigenvalue weighted by molar-refractivity contribution is 5.31. The number of nitrogens with two attached hydrogens (primary N) is 1. The molecule has 0 saturated heterocycles. The van der Waals surface area contributed by atoms with Crippen LogP contribution in [0.2, 0.25) is 0 Å². The fourth-order valence-corrected chi connectivity index (χ4v) is 1.42. The molecular formula is C14H24NO3+. The zero-order valence-corrected chi connectivity index (χ0v) is 11.6. The summed E-state index contributed by atoms with van der Waals surface area (Å²) in [7, 11) is 1.63. The molecule has 0 aromatic heterocycles. The Balaban J connectivity index is 2.31. The van der Waals surface area contributed by atoms with Gasteiger partial charge in [0.05, 0.1) is 12.6 Å². The smallest absolute Gasteiger partial charge is 0.137 e. The Hall–Kier alpha value is -1.26. The number of benzene rings is 1. The lowest BCUT2D eigenvalue weighted by Crippen LogP contribution is -2.96. The van der Waals surface area contributed by atoms with Gasteiger partial charge in [0.1, 0.15) is 30.8 Å². The van der Waals surface area contributed by atoms with Gasteiger partial charge in [0, 0.05) is 0 Å². The van der Waals surface area contributed by atoms with E-state index in [0.717, 1.165) is 11.5 Å². The highest BCUT2D eigenvalue weighted by atomic mass is 16.5. The van der Waals surface area contributed by atoms with Crippen molar-refractivity contribution in [1.29, 1.82) is 0 Å². The van der Waals surface area contributed by atoms with E-state index in [2.05, 4.69) is 26.1 Å². The fraction of sp³-hybridized carbons (Fsp3) is 0.571. The molecule has 0 saturated carbocycles. The maximum Gasteiger partial charge on any atom is 0.137 e. The molecule has 0 radical (unpaired) electrons. The predicted octanol–water partition coefficient (Wildman–Crippen LogP) is 0.797. The van der Waals surface area contributed by atoms with Gasteiger partial charge < -0.3 is 19.9 Å². The molecule has 0 spiro atoms. The van der Waals surface area contributed by atoms with E-state index in [4.69, 9.17) is 9.47 Å². The lowest BCUT2D eigenvalue weighted by atomic mass is 10.1. The first-order chi connectivity index (χ1) is 8.40. The van der Waals surface area contributed by atoms with E-state index in [9.17, 15) is 5.11 Å². The molecule has 1 atom stereocenters. The average Bonchev–Trinajstić information content (AvgIpc) is 2.33. The van der Waals surface area contributed by atoms with Gasteiger partial charge in [-0.05, 0) is 45.0 Å². The minimum absolute atomic E-state index is 0.126. The topological polar surface area (TPSA) is 55.3 Å². The van der Waals surface area contributed by atoms with E-state index in [-0.39, 0.29) is 5.54 Å². The summed E-state index contributed by atoms with van der Waals surface area (Å²) < 4.78 is 10.6. The maximum atomic E-state index is 9.79. The molecule has 4 heteroatoms. The third kappa shape index (κ3) is 5.89. The van der Waals surface area contributed by atoms with E-state index in [0.29, 0.717) is 13.2 Å². The van der Waals surface area contributed by atoms with Gasteiger partial charge >= 0.3 is 0 Å². The summed E-state index contributed by atoms with van der Waals surface area (Å²) in [6, 6.07) is 7.34. The van der Waals surface area contributed by atoms with Crippen molar-refractivity contribution in [3.63, 3.8) is 0 Å². The minimum Gasteiger partial charge on any atom is -0.497 e. The van der Waals surface area contributed by atoms with E-state index >= 15 is 0 Å². The highest BCUT2D eigenvalue weighted by Crippen LogP contribution is 2.16. The second kappa shape index (κ2) is 6.61. The zero-order valence-electron chi connectivity index (χ0n) is 11.6. The molecule has 1 unspecified atom stereocenters. The van der Waals surface area contributed by atoms with Crippen LogP contribution in [0, 0.1) is 0 Å². The van der Waals surface area contributed by atoms with E-state index in [1.165, 1.54) is 0 Å². The molecule has 0 heterocycles. The predicted molar refractivity (Wildman–Crippen MR) is 71.0 cm³/mol. The third-order valence-electron chi connectivity index (χ3n) is 2.50. The zero-order chi connectivity index (χ0) is 13.6. The van der Waals surface area contributed by atoms with Crippen LogP contribution in [0.25, 0.3) is 0 Å². The van der Waals surface area contributed by atoms with Crippen LogP contribution in [-0.4, -0.2) is 37.0 Å². The van der Waals surface area contributed by atoms with Crippen LogP contribution in [0.3, 0.4) is 0 Å². The Morgan fingerprint density at radius 2 is 1.72 bits per heavy atom. The number of aliphatic hydroxyl groups excluding tert-OH is 1. The highest BCUT2D eigenvalue weighted by Gasteiger charge is 2.16. The SMILES string of the molecule is COc1ccc(OCC(O)C[NH2+]C(C)(C)C)cc1. The second-order valence-electron chi connectivity index (χ2n) is 5.45. The molecule has 0 amide bonds. The second-order valence-corrected chi connectivity index (χ2v) is 5.45. The van der Waals surface area contributed by atoms with Gasteiger partial charge in [-0.1, -0.05) is 0 Å². The van der Waals surface area contributed by atoms with Gasteiger partial charge in [0.15, 0.2) is 0 Å². The first-order valence-electron chi connectivity index (χ1n) is 6.20. The summed E-state index contributed by atoms with van der Waals surface area (Å²) in [5.74, 6) is 1.54. The van der Waals surface area contributed by atoms with Gasteiger partial charge in [-0.2, -0.15) is 0 Å². The van der Waals surface area contributed by atoms with Crippen molar-refractivity contribution in [2.75, 3.05) is 20.3 Å². The molecule has 1 rings (SSSR count). The number of methoxy groups -OCH3 is 1. The first-order valence-corrected chi connectivity index (χ1v) is 6.20. The third-order valence-corrected chi connectivity index (χ3v) is 2.50. The average molecular weight is 254 g/mol. The van der Waals surface area contributed by atoms with Crippen LogP contribution < -0.4 is 14.8 Å². The van der Waals surface area contributed by atoms with Crippen LogP contribution in [-0.2, 0) is 0 Å². The van der Waals surface area contributed by atoms with Crippen LogP contribution >= 0.6 is 0 Å². The molecular weight excluding hydrogens is 230 g/mol. The lowest BCUT2D eigenvalue weighted by molar-refractivity contribution is -0.722. The summed E-state index contributed by atoms with van der Waals surface area (Å²) >= 11 is 0. The van der Waals surface area contributed by atoms with Crippen molar-refractivity contribution < 1.29 is 19.9 Å². The van der Waals surface area contributed by atoms with Gasteiger partial charge in [-0.25, -0.2) is 0 Å². The van der Waals surface area contributed by atoms with Crippen molar-refractivity contribution in [2.45, 2.75) is 32.4 Å². The maximum absolute atomic E-state index is 9.79. The van der Waals surface area contributed by atoms with Crippen LogP contribution in [0.15, 0.2) is 24.3 Å². The Morgan fingerprint density at radius 1 is 1.17 bits per heavy atom. The molecule has 0 fully saturated rings. The molecule has 4 nitrogen and oxygen atoms in total. The lowest BCUT2D eigenvalue weighted by Gasteiger charge is -2.19.